The van der Waals surface area contributed by atoms with Crippen molar-refractivity contribution in [2.75, 3.05) is 7.11 Å². The van der Waals surface area contributed by atoms with Crippen LogP contribution in [-0.2, 0) is 11.3 Å². The summed E-state index contributed by atoms with van der Waals surface area (Å²) in [5.41, 5.74) is 1.52. The number of ether oxygens (including phenoxy) is 1. The summed E-state index contributed by atoms with van der Waals surface area (Å²) in [6.07, 6.45) is 1.71. The van der Waals surface area contributed by atoms with E-state index in [9.17, 15) is 9.59 Å². The minimum Gasteiger partial charge on any atom is -0.465 e. The topological polar surface area (TPSA) is 60.7 Å². The molecule has 27 heavy (non-hydrogen) atoms. The summed E-state index contributed by atoms with van der Waals surface area (Å²) in [6, 6.07) is 9.79. The number of halogens is 2. The summed E-state index contributed by atoms with van der Waals surface area (Å²) in [5.74, 6) is -0.905. The van der Waals surface area contributed by atoms with Gasteiger partial charge in [0.25, 0.3) is 5.91 Å². The van der Waals surface area contributed by atoms with E-state index in [4.69, 9.17) is 27.9 Å². The van der Waals surface area contributed by atoms with Crippen LogP contribution in [-0.4, -0.2) is 23.6 Å². The van der Waals surface area contributed by atoms with Gasteiger partial charge in [0.05, 0.1) is 33.5 Å². The SMILES string of the molecule is C=CCn1c(=NC(=O)c2ccc(Cl)cc2Cl)sc2cc(C(=O)OC)ccc21. The smallest absolute Gasteiger partial charge is 0.337 e. The number of hydrogen-bond donors (Lipinski definition) is 0. The number of benzene rings is 2. The second-order valence-electron chi connectivity index (χ2n) is 5.50. The predicted molar refractivity (Wildman–Crippen MR) is 108 cm³/mol. The number of allylic oxidation sites excluding steroid dienone is 1. The number of fused-ring (bicyclic) bond motifs is 1. The summed E-state index contributed by atoms with van der Waals surface area (Å²) < 4.78 is 7.40. The molecule has 0 aliphatic heterocycles. The van der Waals surface area contributed by atoms with Crippen molar-refractivity contribution in [3.8, 4) is 0 Å². The van der Waals surface area contributed by atoms with Crippen molar-refractivity contribution in [3.63, 3.8) is 0 Å². The summed E-state index contributed by atoms with van der Waals surface area (Å²) in [4.78, 5) is 29.1. The monoisotopic (exact) mass is 420 g/mol. The molecule has 0 bridgehead atoms. The Labute approximate surface area is 169 Å². The largest absolute Gasteiger partial charge is 0.465 e. The summed E-state index contributed by atoms with van der Waals surface area (Å²) in [7, 11) is 1.33. The highest BCUT2D eigenvalue weighted by Crippen LogP contribution is 2.23. The van der Waals surface area contributed by atoms with Gasteiger partial charge in [0, 0.05) is 11.6 Å². The lowest BCUT2D eigenvalue weighted by molar-refractivity contribution is 0.0601. The Bertz CT molecular complexity index is 1130. The molecule has 0 unspecified atom stereocenters. The molecule has 1 aromatic heterocycles. The van der Waals surface area contributed by atoms with Crippen LogP contribution in [0.3, 0.4) is 0 Å². The molecule has 1 amide bonds. The van der Waals surface area contributed by atoms with Crippen LogP contribution >= 0.6 is 34.5 Å². The van der Waals surface area contributed by atoms with E-state index in [2.05, 4.69) is 11.6 Å². The van der Waals surface area contributed by atoms with Gasteiger partial charge in [-0.05, 0) is 36.4 Å². The van der Waals surface area contributed by atoms with Gasteiger partial charge in [-0.1, -0.05) is 40.6 Å². The van der Waals surface area contributed by atoms with Gasteiger partial charge in [-0.3, -0.25) is 4.79 Å². The first-order valence-corrected chi connectivity index (χ1v) is 9.38. The number of aromatic nitrogens is 1. The standard InChI is InChI=1S/C19H14Cl2N2O3S/c1-3-8-23-15-7-4-11(18(25)26-2)9-16(15)27-19(23)22-17(24)13-6-5-12(20)10-14(13)21/h3-7,9-10H,1,8H2,2H3. The number of thiazole rings is 1. The molecule has 8 heteroatoms. The molecule has 0 spiro atoms. The number of hydrogen-bond acceptors (Lipinski definition) is 4. The zero-order valence-electron chi connectivity index (χ0n) is 14.2. The lowest BCUT2D eigenvalue weighted by atomic mass is 10.2. The molecule has 3 aromatic rings. The number of methoxy groups -OCH3 is 1. The molecule has 5 nitrogen and oxygen atoms in total. The van der Waals surface area contributed by atoms with Gasteiger partial charge < -0.3 is 9.30 Å². The van der Waals surface area contributed by atoms with E-state index in [0.717, 1.165) is 10.2 Å². The van der Waals surface area contributed by atoms with Crippen molar-refractivity contribution in [1.29, 1.82) is 0 Å². The van der Waals surface area contributed by atoms with Crippen LogP contribution in [0.25, 0.3) is 10.2 Å². The lowest BCUT2D eigenvalue weighted by Crippen LogP contribution is -2.16. The third-order valence-corrected chi connectivity index (χ3v) is 5.36. The highest BCUT2D eigenvalue weighted by molar-refractivity contribution is 7.16. The summed E-state index contributed by atoms with van der Waals surface area (Å²) in [5, 5.41) is 0.677. The maximum Gasteiger partial charge on any atom is 0.337 e. The van der Waals surface area contributed by atoms with E-state index in [0.29, 0.717) is 21.9 Å². The van der Waals surface area contributed by atoms with Crippen LogP contribution in [0.15, 0.2) is 54.0 Å². The second-order valence-corrected chi connectivity index (χ2v) is 7.35. The molecule has 0 fully saturated rings. The normalized spacial score (nSPS) is 11.6. The quantitative estimate of drug-likeness (QED) is 0.452. The van der Waals surface area contributed by atoms with Crippen molar-refractivity contribution >= 4 is 56.6 Å². The highest BCUT2D eigenvalue weighted by Gasteiger charge is 2.13. The second kappa shape index (κ2) is 8.08. The zero-order valence-corrected chi connectivity index (χ0v) is 16.6. The van der Waals surface area contributed by atoms with E-state index in [1.165, 1.54) is 30.6 Å². The molecule has 0 aliphatic carbocycles. The Morgan fingerprint density at radius 3 is 2.70 bits per heavy atom. The van der Waals surface area contributed by atoms with Gasteiger partial charge in [0.1, 0.15) is 0 Å². The average Bonchev–Trinajstić information content (AvgIpc) is 2.97. The fraction of sp³-hybridized carbons (Fsp3) is 0.105. The van der Waals surface area contributed by atoms with Gasteiger partial charge in [-0.15, -0.1) is 6.58 Å². The van der Waals surface area contributed by atoms with Crippen molar-refractivity contribution < 1.29 is 14.3 Å². The number of amides is 1. The molecule has 0 atom stereocenters. The third kappa shape index (κ3) is 3.98. The minimum atomic E-state index is -0.478. The average molecular weight is 421 g/mol. The number of rotatable bonds is 4. The van der Waals surface area contributed by atoms with Crippen LogP contribution in [0.2, 0.25) is 10.0 Å². The van der Waals surface area contributed by atoms with E-state index in [-0.39, 0.29) is 10.6 Å². The molecular formula is C19H14Cl2N2O3S. The number of esters is 1. The maximum atomic E-state index is 12.6. The molecule has 0 N–H and O–H groups in total. The first kappa shape index (κ1) is 19.4. The maximum absolute atomic E-state index is 12.6. The molecule has 0 radical (unpaired) electrons. The van der Waals surface area contributed by atoms with Crippen molar-refractivity contribution in [2.24, 2.45) is 4.99 Å². The van der Waals surface area contributed by atoms with Crippen molar-refractivity contribution in [2.45, 2.75) is 6.54 Å². The first-order valence-electron chi connectivity index (χ1n) is 7.81. The van der Waals surface area contributed by atoms with Crippen LogP contribution in [0.4, 0.5) is 0 Å². The van der Waals surface area contributed by atoms with E-state index >= 15 is 0 Å². The molecule has 1 heterocycles. The minimum absolute atomic E-state index is 0.237. The molecule has 0 saturated heterocycles. The Morgan fingerprint density at radius 1 is 1.26 bits per heavy atom. The molecule has 0 saturated carbocycles. The van der Waals surface area contributed by atoms with E-state index in [1.807, 2.05) is 4.57 Å². The zero-order chi connectivity index (χ0) is 19.6. The van der Waals surface area contributed by atoms with Gasteiger partial charge >= 0.3 is 5.97 Å². The highest BCUT2D eigenvalue weighted by atomic mass is 35.5. The van der Waals surface area contributed by atoms with Gasteiger partial charge in [-0.2, -0.15) is 4.99 Å². The van der Waals surface area contributed by atoms with Crippen molar-refractivity contribution in [1.82, 2.24) is 4.57 Å². The summed E-state index contributed by atoms with van der Waals surface area (Å²) >= 11 is 13.3. The van der Waals surface area contributed by atoms with Crippen LogP contribution in [0.1, 0.15) is 20.7 Å². The number of nitrogens with zero attached hydrogens (tertiary/aromatic N) is 2. The van der Waals surface area contributed by atoms with Crippen LogP contribution in [0, 0.1) is 0 Å². The Kier molecular flexibility index (Phi) is 5.79. The summed E-state index contributed by atoms with van der Waals surface area (Å²) in [6.45, 7) is 4.21. The van der Waals surface area contributed by atoms with Gasteiger partial charge in [0.15, 0.2) is 4.80 Å². The third-order valence-electron chi connectivity index (χ3n) is 3.77. The number of carbonyl (C=O) groups is 2. The Balaban J connectivity index is 2.15. The first-order chi connectivity index (χ1) is 12.9. The van der Waals surface area contributed by atoms with Gasteiger partial charge in [-0.25, -0.2) is 4.79 Å². The van der Waals surface area contributed by atoms with Crippen LogP contribution < -0.4 is 4.80 Å². The Morgan fingerprint density at radius 2 is 2.04 bits per heavy atom. The fourth-order valence-electron chi connectivity index (χ4n) is 2.52. The lowest BCUT2D eigenvalue weighted by Gasteiger charge is -2.03. The Hall–Kier alpha value is -2.41. The van der Waals surface area contributed by atoms with Gasteiger partial charge in [0.2, 0.25) is 0 Å². The van der Waals surface area contributed by atoms with Crippen LogP contribution in [0.5, 0.6) is 0 Å². The number of carbonyl (C=O) groups excluding carboxylic acids is 2. The predicted octanol–water partition coefficient (Wildman–Crippen LogP) is 4.72. The molecule has 3 rings (SSSR count). The van der Waals surface area contributed by atoms with Crippen molar-refractivity contribution in [3.05, 3.63) is 75.0 Å². The van der Waals surface area contributed by atoms with E-state index < -0.39 is 11.9 Å². The molecular weight excluding hydrogens is 407 g/mol. The molecule has 0 aliphatic rings. The molecule has 2 aromatic carbocycles. The van der Waals surface area contributed by atoms with E-state index in [1.54, 1.807) is 30.3 Å². The fourth-order valence-corrected chi connectivity index (χ4v) is 4.09. The molecule has 138 valence electrons.